The average Bonchev–Trinajstić information content (AvgIpc) is 2.60. The number of nitrogens with two attached hydrogens (primary N) is 1. The zero-order valence-corrected chi connectivity index (χ0v) is 14.1. The lowest BCUT2D eigenvalue weighted by Crippen LogP contribution is -2.41. The molecule has 1 fully saturated rings. The van der Waals surface area contributed by atoms with Crippen molar-refractivity contribution in [1.82, 2.24) is 0 Å². The molecule has 0 atom stereocenters. The second-order valence-electron chi connectivity index (χ2n) is 6.32. The summed E-state index contributed by atoms with van der Waals surface area (Å²) in [5.41, 5.74) is 6.54. The Bertz CT molecular complexity index is 518. The number of hydrogen-bond donors (Lipinski definition) is 1. The maximum atomic E-state index is 6.38. The topological polar surface area (TPSA) is 53.7 Å². The number of ether oxygens (including phenoxy) is 1. The minimum Gasteiger partial charge on any atom is -0.491 e. The van der Waals surface area contributed by atoms with Crippen LogP contribution in [-0.4, -0.2) is 31.5 Å². The van der Waals surface area contributed by atoms with Crippen molar-refractivity contribution in [2.45, 2.75) is 45.8 Å². The molecule has 6 heteroatoms. The lowest BCUT2D eigenvalue weighted by Gasteiger charge is -2.32. The third-order valence-electron chi connectivity index (χ3n) is 4.28. The molecule has 0 saturated carbocycles. The Morgan fingerprint density at radius 3 is 2.29 bits per heavy atom. The van der Waals surface area contributed by atoms with E-state index < -0.39 is 7.12 Å². The first kappa shape index (κ1) is 16.6. The van der Waals surface area contributed by atoms with E-state index in [1.165, 1.54) is 0 Å². The van der Waals surface area contributed by atoms with Gasteiger partial charge in [0.15, 0.2) is 0 Å². The molecule has 116 valence electrons. The van der Waals surface area contributed by atoms with E-state index in [0.29, 0.717) is 23.9 Å². The fourth-order valence-corrected chi connectivity index (χ4v) is 2.41. The van der Waals surface area contributed by atoms with Crippen LogP contribution in [-0.2, 0) is 9.31 Å². The Balaban J connectivity index is 2.29. The van der Waals surface area contributed by atoms with Crippen LogP contribution in [0.3, 0.4) is 0 Å². The molecule has 0 aliphatic carbocycles. The van der Waals surface area contributed by atoms with E-state index in [-0.39, 0.29) is 11.2 Å². The molecule has 2 rings (SSSR count). The van der Waals surface area contributed by atoms with Gasteiger partial charge in [0.1, 0.15) is 12.4 Å². The van der Waals surface area contributed by atoms with E-state index in [1.807, 2.05) is 46.8 Å². The van der Waals surface area contributed by atoms with Gasteiger partial charge in [0.25, 0.3) is 0 Å². The fraction of sp³-hybridized carbons (Fsp3) is 0.600. The smallest absolute Gasteiger partial charge is 0.491 e. The molecule has 4 nitrogen and oxygen atoms in total. The molecule has 2 N–H and O–H groups in total. The Morgan fingerprint density at radius 2 is 1.76 bits per heavy atom. The van der Waals surface area contributed by atoms with E-state index in [9.17, 15) is 0 Å². The van der Waals surface area contributed by atoms with Gasteiger partial charge in [0.05, 0.1) is 16.2 Å². The Hall–Kier alpha value is -0.745. The van der Waals surface area contributed by atoms with Crippen molar-refractivity contribution in [2.24, 2.45) is 5.73 Å². The normalized spacial score (nSPS) is 19.9. The van der Waals surface area contributed by atoms with Crippen molar-refractivity contribution in [1.29, 1.82) is 0 Å². The van der Waals surface area contributed by atoms with E-state index in [1.54, 1.807) is 0 Å². The molecule has 1 aliphatic rings. The Morgan fingerprint density at radius 1 is 1.19 bits per heavy atom. The monoisotopic (exact) mass is 311 g/mol. The van der Waals surface area contributed by atoms with Crippen LogP contribution >= 0.6 is 11.6 Å². The zero-order chi connectivity index (χ0) is 15.8. The third kappa shape index (κ3) is 3.06. The molecule has 0 bridgehead atoms. The van der Waals surface area contributed by atoms with Crippen LogP contribution in [0, 0.1) is 6.92 Å². The summed E-state index contributed by atoms with van der Waals surface area (Å²) < 4.78 is 17.7. The van der Waals surface area contributed by atoms with Crippen LogP contribution < -0.4 is 15.9 Å². The number of halogens is 1. The molecule has 1 aliphatic heterocycles. The highest BCUT2D eigenvalue weighted by atomic mass is 35.5. The van der Waals surface area contributed by atoms with E-state index in [0.717, 1.165) is 11.0 Å². The van der Waals surface area contributed by atoms with Gasteiger partial charge in [-0.05, 0) is 51.7 Å². The highest BCUT2D eigenvalue weighted by Crippen LogP contribution is 2.37. The lowest BCUT2D eigenvalue weighted by molar-refractivity contribution is 0.00578. The molecule has 1 aromatic carbocycles. The van der Waals surface area contributed by atoms with Gasteiger partial charge in [-0.2, -0.15) is 0 Å². The summed E-state index contributed by atoms with van der Waals surface area (Å²) in [6.07, 6.45) is 0. The first-order valence-corrected chi connectivity index (χ1v) is 7.55. The van der Waals surface area contributed by atoms with E-state index >= 15 is 0 Å². The summed E-state index contributed by atoms with van der Waals surface area (Å²) >= 11 is 6.38. The number of rotatable bonds is 4. The first-order chi connectivity index (χ1) is 9.69. The summed E-state index contributed by atoms with van der Waals surface area (Å²) in [6, 6.07) is 3.78. The highest BCUT2D eigenvalue weighted by Gasteiger charge is 2.52. The summed E-state index contributed by atoms with van der Waals surface area (Å²) in [5, 5.41) is 0.579. The van der Waals surface area contributed by atoms with Crippen molar-refractivity contribution < 1.29 is 14.0 Å². The van der Waals surface area contributed by atoms with Crippen molar-refractivity contribution in [3.8, 4) is 5.75 Å². The van der Waals surface area contributed by atoms with Crippen molar-refractivity contribution in [3.05, 3.63) is 22.7 Å². The molecule has 21 heavy (non-hydrogen) atoms. The van der Waals surface area contributed by atoms with Crippen LogP contribution in [0.1, 0.15) is 33.3 Å². The maximum Gasteiger partial charge on any atom is 0.495 e. The van der Waals surface area contributed by atoms with Gasteiger partial charge in [-0.15, -0.1) is 0 Å². The summed E-state index contributed by atoms with van der Waals surface area (Å²) in [6.45, 7) is 11.0. The summed E-state index contributed by atoms with van der Waals surface area (Å²) in [7, 11) is -0.420. The van der Waals surface area contributed by atoms with Gasteiger partial charge in [-0.3, -0.25) is 0 Å². The van der Waals surface area contributed by atoms with Crippen molar-refractivity contribution in [3.63, 3.8) is 0 Å². The standard InChI is InChI=1S/C15H23BClNO3/c1-10-11(6-7-12(13(10)17)19-9-8-18)16-20-14(2,3)15(4,5)21-16/h6-7H,8-9,18H2,1-5H3. The zero-order valence-electron chi connectivity index (χ0n) is 13.3. The molecule has 0 unspecified atom stereocenters. The van der Waals surface area contributed by atoms with Crippen molar-refractivity contribution >= 4 is 24.2 Å². The van der Waals surface area contributed by atoms with Crippen molar-refractivity contribution in [2.75, 3.05) is 13.2 Å². The summed E-state index contributed by atoms with van der Waals surface area (Å²) in [5.74, 6) is 0.639. The molecule has 0 aromatic heterocycles. The molecule has 1 heterocycles. The van der Waals surface area contributed by atoms with Gasteiger partial charge in [0, 0.05) is 6.54 Å². The Kier molecular flexibility index (Phi) is 4.59. The second-order valence-corrected chi connectivity index (χ2v) is 6.70. The highest BCUT2D eigenvalue weighted by molar-refractivity contribution is 6.63. The predicted octanol–water partition coefficient (Wildman–Crippen LogP) is 2.29. The van der Waals surface area contributed by atoms with Crippen LogP contribution in [0.4, 0.5) is 0 Å². The first-order valence-electron chi connectivity index (χ1n) is 7.17. The van der Waals surface area contributed by atoms with Crippen LogP contribution in [0.15, 0.2) is 12.1 Å². The van der Waals surface area contributed by atoms with Crippen LogP contribution in [0.5, 0.6) is 5.75 Å². The molecule has 1 saturated heterocycles. The van der Waals surface area contributed by atoms with Crippen LogP contribution in [0.25, 0.3) is 0 Å². The molecular weight excluding hydrogens is 288 g/mol. The lowest BCUT2D eigenvalue weighted by atomic mass is 9.76. The molecule has 0 amide bonds. The molecular formula is C15H23BClNO3. The van der Waals surface area contributed by atoms with E-state index in [4.69, 9.17) is 31.4 Å². The van der Waals surface area contributed by atoms with Gasteiger partial charge < -0.3 is 19.8 Å². The van der Waals surface area contributed by atoms with Gasteiger partial charge >= 0.3 is 7.12 Å². The minimum absolute atomic E-state index is 0.370. The molecule has 0 spiro atoms. The van der Waals surface area contributed by atoms with Gasteiger partial charge in [-0.1, -0.05) is 17.7 Å². The van der Waals surface area contributed by atoms with Crippen LogP contribution in [0.2, 0.25) is 5.02 Å². The van der Waals surface area contributed by atoms with Gasteiger partial charge in [-0.25, -0.2) is 0 Å². The molecule has 1 aromatic rings. The minimum atomic E-state index is -0.420. The molecule has 0 radical (unpaired) electrons. The summed E-state index contributed by atoms with van der Waals surface area (Å²) in [4.78, 5) is 0. The third-order valence-corrected chi connectivity index (χ3v) is 4.75. The second kappa shape index (κ2) is 5.80. The number of hydrogen-bond acceptors (Lipinski definition) is 4. The van der Waals surface area contributed by atoms with Gasteiger partial charge in [0.2, 0.25) is 0 Å². The van der Waals surface area contributed by atoms with E-state index in [2.05, 4.69) is 0 Å². The predicted molar refractivity (Wildman–Crippen MR) is 86.5 cm³/mol. The Labute approximate surface area is 132 Å². The fourth-order valence-electron chi connectivity index (χ4n) is 2.18. The SMILES string of the molecule is Cc1c(B2OC(C)(C)C(C)(C)O2)ccc(OCCN)c1Cl. The largest absolute Gasteiger partial charge is 0.495 e. The quantitative estimate of drug-likeness (QED) is 0.867. The number of benzene rings is 1. The average molecular weight is 312 g/mol. The maximum absolute atomic E-state index is 6.38.